The van der Waals surface area contributed by atoms with E-state index in [4.69, 9.17) is 4.74 Å². The fourth-order valence-corrected chi connectivity index (χ4v) is 3.50. The molecule has 186 valence electrons. The van der Waals surface area contributed by atoms with E-state index in [0.717, 1.165) is 11.0 Å². The standard InChI is InChI=1S/C20H16F9N3O2/c1-9-15(10-3-12(18(21,22)23)6-13(4-10)19(24,25)26)34-17(33)32(9)8-11-5-14(20(27,28)29)7-31-16(11)30-2/h3-7,9,15H,8H2,1-2H3,(H,30,31). The lowest BCUT2D eigenvalue weighted by Gasteiger charge is -2.23. The summed E-state index contributed by atoms with van der Waals surface area (Å²) in [4.78, 5) is 17.0. The highest BCUT2D eigenvalue weighted by Crippen LogP contribution is 2.41. The second kappa shape index (κ2) is 8.55. The van der Waals surface area contributed by atoms with Gasteiger partial charge < -0.3 is 10.1 Å². The van der Waals surface area contributed by atoms with Gasteiger partial charge >= 0.3 is 24.6 Å². The molecule has 2 unspecified atom stereocenters. The van der Waals surface area contributed by atoms with Gasteiger partial charge in [0.05, 0.1) is 29.3 Å². The molecule has 2 aromatic rings. The largest absolute Gasteiger partial charge is 0.439 e. The lowest BCUT2D eigenvalue weighted by Crippen LogP contribution is -2.32. The number of cyclic esters (lactones) is 1. The van der Waals surface area contributed by atoms with Crippen LogP contribution in [0.25, 0.3) is 0 Å². The Balaban J connectivity index is 1.98. The maximum Gasteiger partial charge on any atom is 0.417 e. The van der Waals surface area contributed by atoms with E-state index in [1.807, 2.05) is 0 Å². The van der Waals surface area contributed by atoms with Crippen LogP contribution in [0.3, 0.4) is 0 Å². The molecule has 2 heterocycles. The summed E-state index contributed by atoms with van der Waals surface area (Å²) >= 11 is 0. The second-order valence-electron chi connectivity index (χ2n) is 7.49. The Labute approximate surface area is 186 Å². The molecule has 0 spiro atoms. The van der Waals surface area contributed by atoms with Crippen LogP contribution in [-0.4, -0.2) is 29.1 Å². The van der Waals surface area contributed by atoms with Crippen LogP contribution >= 0.6 is 0 Å². The zero-order valence-corrected chi connectivity index (χ0v) is 17.4. The number of anilines is 1. The minimum Gasteiger partial charge on any atom is -0.439 e. The Morgan fingerprint density at radius 1 is 0.912 bits per heavy atom. The summed E-state index contributed by atoms with van der Waals surface area (Å²) in [6.07, 6.45) is -17.0. The molecule has 1 amide bonds. The highest BCUT2D eigenvalue weighted by Gasteiger charge is 2.43. The van der Waals surface area contributed by atoms with Crippen LogP contribution in [-0.2, 0) is 29.8 Å². The van der Waals surface area contributed by atoms with E-state index in [1.165, 1.54) is 14.0 Å². The first-order valence-corrected chi connectivity index (χ1v) is 9.53. The number of carbonyl (C=O) groups is 1. The molecule has 0 radical (unpaired) electrons. The number of hydrogen-bond acceptors (Lipinski definition) is 4. The number of carbonyl (C=O) groups excluding carboxylic acids is 1. The molecule has 1 aliphatic heterocycles. The molecule has 1 aromatic heterocycles. The van der Waals surface area contributed by atoms with E-state index in [2.05, 4.69) is 10.3 Å². The Bertz CT molecular complexity index is 1050. The van der Waals surface area contributed by atoms with Crippen molar-refractivity contribution in [2.75, 3.05) is 12.4 Å². The third-order valence-electron chi connectivity index (χ3n) is 5.20. The lowest BCUT2D eigenvalue weighted by molar-refractivity contribution is -0.143. The molecule has 1 aliphatic rings. The summed E-state index contributed by atoms with van der Waals surface area (Å²) in [7, 11) is 1.37. The average molecular weight is 501 g/mol. The number of benzene rings is 1. The van der Waals surface area contributed by atoms with Crippen LogP contribution in [0.4, 0.5) is 50.1 Å². The van der Waals surface area contributed by atoms with Gasteiger partial charge in [0.1, 0.15) is 11.9 Å². The predicted octanol–water partition coefficient (Wildman–Crippen LogP) is 6.26. The molecule has 1 saturated heterocycles. The number of ether oxygens (including phenoxy) is 1. The van der Waals surface area contributed by atoms with Crippen molar-refractivity contribution in [3.8, 4) is 0 Å². The van der Waals surface area contributed by atoms with Crippen molar-refractivity contribution < 1.29 is 49.0 Å². The number of rotatable bonds is 4. The third kappa shape index (κ3) is 5.14. The summed E-state index contributed by atoms with van der Waals surface area (Å²) < 4.78 is 123. The molecule has 3 rings (SSSR count). The Morgan fingerprint density at radius 3 is 1.91 bits per heavy atom. The quantitative estimate of drug-likeness (QED) is 0.503. The van der Waals surface area contributed by atoms with Crippen molar-refractivity contribution in [1.29, 1.82) is 0 Å². The second-order valence-corrected chi connectivity index (χ2v) is 7.49. The number of halogens is 9. The van der Waals surface area contributed by atoms with Gasteiger partial charge in [-0.15, -0.1) is 0 Å². The lowest BCUT2D eigenvalue weighted by atomic mass is 9.97. The minimum atomic E-state index is -5.10. The van der Waals surface area contributed by atoms with Gasteiger partial charge in [0, 0.05) is 18.8 Å². The first-order chi connectivity index (χ1) is 15.5. The van der Waals surface area contributed by atoms with Crippen molar-refractivity contribution in [1.82, 2.24) is 9.88 Å². The Morgan fingerprint density at radius 2 is 1.44 bits per heavy atom. The van der Waals surface area contributed by atoms with E-state index in [-0.39, 0.29) is 17.4 Å². The molecule has 34 heavy (non-hydrogen) atoms. The fourth-order valence-electron chi connectivity index (χ4n) is 3.50. The van der Waals surface area contributed by atoms with Crippen molar-refractivity contribution in [3.05, 3.63) is 58.3 Å². The predicted molar refractivity (Wildman–Crippen MR) is 99.5 cm³/mol. The van der Waals surface area contributed by atoms with Crippen molar-refractivity contribution >= 4 is 11.9 Å². The maximum atomic E-state index is 13.2. The number of alkyl halides is 9. The zero-order valence-electron chi connectivity index (χ0n) is 17.4. The molecular weight excluding hydrogens is 485 g/mol. The van der Waals surface area contributed by atoms with Crippen LogP contribution in [0.5, 0.6) is 0 Å². The number of aromatic nitrogens is 1. The van der Waals surface area contributed by atoms with Crippen LogP contribution in [0.15, 0.2) is 30.5 Å². The summed E-state index contributed by atoms with van der Waals surface area (Å²) in [6.45, 7) is 0.803. The zero-order chi connectivity index (χ0) is 25.6. The van der Waals surface area contributed by atoms with Gasteiger partial charge in [0.15, 0.2) is 0 Å². The van der Waals surface area contributed by atoms with Gasteiger partial charge in [-0.3, -0.25) is 4.90 Å². The highest BCUT2D eigenvalue weighted by molar-refractivity contribution is 5.71. The molecule has 0 aliphatic carbocycles. The molecule has 1 fully saturated rings. The minimum absolute atomic E-state index is 0.00474. The van der Waals surface area contributed by atoms with Gasteiger partial charge in [-0.2, -0.15) is 39.5 Å². The van der Waals surface area contributed by atoms with Crippen LogP contribution in [0, 0.1) is 0 Å². The van der Waals surface area contributed by atoms with Crippen molar-refractivity contribution in [2.45, 2.75) is 44.1 Å². The van der Waals surface area contributed by atoms with Gasteiger partial charge in [0.2, 0.25) is 0 Å². The summed E-state index contributed by atoms with van der Waals surface area (Å²) in [5, 5.41) is 2.56. The van der Waals surface area contributed by atoms with Crippen molar-refractivity contribution in [3.63, 3.8) is 0 Å². The van der Waals surface area contributed by atoms with Crippen molar-refractivity contribution in [2.24, 2.45) is 0 Å². The third-order valence-corrected chi connectivity index (χ3v) is 5.20. The average Bonchev–Trinajstić information content (AvgIpc) is 2.99. The number of amides is 1. The molecule has 1 aromatic carbocycles. The Kier molecular flexibility index (Phi) is 6.39. The van der Waals surface area contributed by atoms with Gasteiger partial charge in [-0.25, -0.2) is 9.78 Å². The normalized spacial score (nSPS) is 19.4. The van der Waals surface area contributed by atoms with E-state index in [1.54, 1.807) is 0 Å². The summed E-state index contributed by atoms with van der Waals surface area (Å²) in [5.74, 6) is -0.00474. The molecule has 1 N–H and O–H groups in total. The number of hydrogen-bond donors (Lipinski definition) is 1. The monoisotopic (exact) mass is 501 g/mol. The SMILES string of the molecule is CNc1ncc(C(F)(F)F)cc1CN1C(=O)OC(c2cc(C(F)(F)F)cc(C(F)(F)F)c2)C1C. The van der Waals surface area contributed by atoms with Crippen LogP contribution in [0.1, 0.15) is 40.8 Å². The van der Waals surface area contributed by atoms with E-state index >= 15 is 0 Å². The van der Waals surface area contributed by atoms with E-state index in [9.17, 15) is 44.3 Å². The van der Waals surface area contributed by atoms with Crippen LogP contribution < -0.4 is 5.32 Å². The summed E-state index contributed by atoms with van der Waals surface area (Å²) in [5.41, 5.74) is -4.91. The molecule has 0 saturated carbocycles. The van der Waals surface area contributed by atoms with Gasteiger partial charge in [-0.1, -0.05) is 0 Å². The van der Waals surface area contributed by atoms with Gasteiger partial charge in [0.25, 0.3) is 0 Å². The van der Waals surface area contributed by atoms with E-state index in [0.29, 0.717) is 18.3 Å². The van der Waals surface area contributed by atoms with E-state index < -0.39 is 65.6 Å². The van der Waals surface area contributed by atoms with Crippen LogP contribution in [0.2, 0.25) is 0 Å². The molecule has 0 bridgehead atoms. The number of pyridine rings is 1. The summed E-state index contributed by atoms with van der Waals surface area (Å²) in [6, 6.07) is 0.445. The molecule has 5 nitrogen and oxygen atoms in total. The molecule has 2 atom stereocenters. The number of nitrogens with zero attached hydrogens (tertiary/aromatic N) is 2. The smallest absolute Gasteiger partial charge is 0.417 e. The molecular formula is C20H16F9N3O2. The first kappa shape index (κ1) is 25.4. The topological polar surface area (TPSA) is 54.5 Å². The first-order valence-electron chi connectivity index (χ1n) is 9.53. The number of nitrogens with one attached hydrogen (secondary N) is 1. The fraction of sp³-hybridized carbons (Fsp3) is 0.400. The Hall–Kier alpha value is -3.19. The maximum absolute atomic E-state index is 13.2. The van der Waals surface area contributed by atoms with Gasteiger partial charge in [-0.05, 0) is 36.8 Å². The molecule has 14 heteroatoms. The highest BCUT2D eigenvalue weighted by atomic mass is 19.4.